The topological polar surface area (TPSA) is 47.3 Å². The van der Waals surface area contributed by atoms with Gasteiger partial charge in [-0.15, -0.1) is 0 Å². The Labute approximate surface area is 113 Å². The molecule has 0 saturated carbocycles. The zero-order valence-corrected chi connectivity index (χ0v) is 11.6. The summed E-state index contributed by atoms with van der Waals surface area (Å²) in [4.78, 5) is 22.3. The molecule has 0 bridgehead atoms. The van der Waals surface area contributed by atoms with Gasteiger partial charge in [-0.05, 0) is 43.7 Å². The molecule has 2 rings (SSSR count). The molecule has 0 N–H and O–H groups in total. The third kappa shape index (κ3) is 2.29. The van der Waals surface area contributed by atoms with Gasteiger partial charge in [0, 0.05) is 15.6 Å². The third-order valence-corrected chi connectivity index (χ3v) is 3.54. The summed E-state index contributed by atoms with van der Waals surface area (Å²) in [5.41, 5.74) is 2.27. The molecule has 0 aliphatic heterocycles. The number of hydrogen-bond acceptors (Lipinski definition) is 3. The van der Waals surface area contributed by atoms with E-state index in [1.165, 1.54) is 6.92 Å². The van der Waals surface area contributed by atoms with Gasteiger partial charge >= 0.3 is 0 Å². The summed E-state index contributed by atoms with van der Waals surface area (Å²) in [6, 6.07) is 6.92. The van der Waals surface area contributed by atoms with E-state index < -0.39 is 0 Å². The minimum Gasteiger partial charge on any atom is -0.453 e. The maximum Gasteiger partial charge on any atom is 0.185 e. The zero-order valence-electron chi connectivity index (χ0n) is 9.99. The van der Waals surface area contributed by atoms with Crippen molar-refractivity contribution < 1.29 is 14.0 Å². The first-order valence-electron chi connectivity index (χ1n) is 5.39. The van der Waals surface area contributed by atoms with Crippen molar-refractivity contribution in [3.8, 4) is 11.3 Å². The lowest BCUT2D eigenvalue weighted by atomic mass is 10.00. The fourth-order valence-corrected chi connectivity index (χ4v) is 2.08. The Morgan fingerprint density at radius 2 is 2.06 bits per heavy atom. The fourth-order valence-electron chi connectivity index (χ4n) is 1.74. The lowest BCUT2D eigenvalue weighted by Gasteiger charge is -2.07. The highest BCUT2D eigenvalue weighted by molar-refractivity contribution is 9.10. The lowest BCUT2D eigenvalue weighted by molar-refractivity contribution is 0.101. The second-order valence-electron chi connectivity index (χ2n) is 4.02. The number of rotatable bonds is 3. The van der Waals surface area contributed by atoms with E-state index in [0.29, 0.717) is 23.2 Å². The van der Waals surface area contributed by atoms with Gasteiger partial charge in [-0.25, -0.2) is 0 Å². The summed E-state index contributed by atoms with van der Waals surface area (Å²) in [6.07, 6.45) is 0.642. The van der Waals surface area contributed by atoms with Crippen LogP contribution in [0.2, 0.25) is 0 Å². The summed E-state index contributed by atoms with van der Waals surface area (Å²) in [7, 11) is 0. The zero-order chi connectivity index (χ0) is 13.3. The number of halogens is 1. The van der Waals surface area contributed by atoms with Crippen LogP contribution in [0.15, 0.2) is 33.2 Å². The van der Waals surface area contributed by atoms with Crippen LogP contribution in [0.4, 0.5) is 0 Å². The van der Waals surface area contributed by atoms with Gasteiger partial charge in [0.25, 0.3) is 0 Å². The molecule has 18 heavy (non-hydrogen) atoms. The first kappa shape index (κ1) is 12.8. The van der Waals surface area contributed by atoms with E-state index in [2.05, 4.69) is 15.9 Å². The van der Waals surface area contributed by atoms with E-state index in [1.807, 2.05) is 13.0 Å². The monoisotopic (exact) mass is 306 g/mol. The molecule has 0 amide bonds. The lowest BCUT2D eigenvalue weighted by Crippen LogP contribution is -1.97. The predicted molar refractivity (Wildman–Crippen MR) is 72.0 cm³/mol. The summed E-state index contributed by atoms with van der Waals surface area (Å²) in [6.45, 7) is 3.44. The van der Waals surface area contributed by atoms with Gasteiger partial charge in [-0.1, -0.05) is 15.9 Å². The van der Waals surface area contributed by atoms with Crippen LogP contribution in [-0.4, -0.2) is 12.1 Å². The highest BCUT2D eigenvalue weighted by Crippen LogP contribution is 2.30. The third-order valence-electron chi connectivity index (χ3n) is 2.69. The van der Waals surface area contributed by atoms with E-state index in [0.717, 1.165) is 10.0 Å². The molecule has 0 aliphatic rings. The molecule has 0 atom stereocenters. The number of carbonyl (C=O) groups excluding carboxylic acids is 2. The molecule has 0 saturated heterocycles. The van der Waals surface area contributed by atoms with Gasteiger partial charge < -0.3 is 4.42 Å². The van der Waals surface area contributed by atoms with Gasteiger partial charge in [0.1, 0.15) is 5.76 Å². The molecule has 0 unspecified atom stereocenters. The molecule has 1 aromatic carbocycles. The van der Waals surface area contributed by atoms with E-state index in [-0.39, 0.29) is 11.5 Å². The fraction of sp³-hybridized carbons (Fsp3) is 0.143. The van der Waals surface area contributed by atoms with Crippen LogP contribution in [0.1, 0.15) is 33.4 Å². The van der Waals surface area contributed by atoms with Crippen molar-refractivity contribution in [2.24, 2.45) is 0 Å². The highest BCUT2D eigenvalue weighted by Gasteiger charge is 2.14. The molecule has 3 nitrogen and oxygen atoms in total. The van der Waals surface area contributed by atoms with Crippen LogP contribution in [0.25, 0.3) is 11.3 Å². The molecule has 0 aliphatic carbocycles. The van der Waals surface area contributed by atoms with Crippen LogP contribution in [-0.2, 0) is 0 Å². The number of Topliss-reactive ketones (excluding diaryl/α,β-unsaturated/α-hetero) is 1. The molecule has 0 spiro atoms. The summed E-state index contributed by atoms with van der Waals surface area (Å²) in [5, 5.41) is 0. The first-order valence-corrected chi connectivity index (χ1v) is 6.18. The van der Waals surface area contributed by atoms with E-state index in [4.69, 9.17) is 4.42 Å². The second kappa shape index (κ2) is 4.90. The Bertz CT molecular complexity index is 626. The Balaban J connectivity index is 2.65. The van der Waals surface area contributed by atoms with Crippen LogP contribution in [0, 0.1) is 6.92 Å². The Kier molecular flexibility index (Phi) is 3.48. The maximum atomic E-state index is 11.6. The molecule has 1 heterocycles. The smallest absolute Gasteiger partial charge is 0.185 e. The van der Waals surface area contributed by atoms with Crippen LogP contribution < -0.4 is 0 Å². The number of hydrogen-bond donors (Lipinski definition) is 0. The average Bonchev–Trinajstić information content (AvgIpc) is 2.80. The maximum absolute atomic E-state index is 11.6. The molecule has 0 radical (unpaired) electrons. The molecular weight excluding hydrogens is 296 g/mol. The number of benzene rings is 1. The van der Waals surface area contributed by atoms with Crippen molar-refractivity contribution in [1.82, 2.24) is 0 Å². The minimum atomic E-state index is -0.0465. The van der Waals surface area contributed by atoms with Crippen LogP contribution in [0.5, 0.6) is 0 Å². The van der Waals surface area contributed by atoms with Crippen LogP contribution >= 0.6 is 15.9 Å². The van der Waals surface area contributed by atoms with E-state index in [1.54, 1.807) is 18.2 Å². The Morgan fingerprint density at radius 1 is 1.33 bits per heavy atom. The summed E-state index contributed by atoms with van der Waals surface area (Å²) < 4.78 is 6.24. The molecule has 4 heteroatoms. The quantitative estimate of drug-likeness (QED) is 0.635. The Morgan fingerprint density at radius 3 is 2.61 bits per heavy atom. The van der Waals surface area contributed by atoms with Crippen molar-refractivity contribution in [3.05, 3.63) is 45.6 Å². The SMILES string of the molecule is CC(=O)c1cc(Br)c(C)cc1-c1ccc(C=O)o1. The molecule has 1 aromatic heterocycles. The van der Waals surface area contributed by atoms with Crippen molar-refractivity contribution in [1.29, 1.82) is 0 Å². The van der Waals surface area contributed by atoms with Gasteiger partial charge in [-0.2, -0.15) is 0 Å². The molecule has 0 fully saturated rings. The minimum absolute atomic E-state index is 0.0465. The molecular formula is C14H11BrO3. The molecule has 2 aromatic rings. The van der Waals surface area contributed by atoms with Crippen molar-refractivity contribution >= 4 is 28.0 Å². The summed E-state index contributed by atoms with van der Waals surface area (Å²) in [5.74, 6) is 0.729. The number of furan rings is 1. The second-order valence-corrected chi connectivity index (χ2v) is 4.88. The normalized spacial score (nSPS) is 10.4. The number of aldehydes is 1. The van der Waals surface area contributed by atoms with Crippen molar-refractivity contribution in [2.75, 3.05) is 0 Å². The Hall–Kier alpha value is -1.68. The average molecular weight is 307 g/mol. The summed E-state index contributed by atoms with van der Waals surface area (Å²) >= 11 is 3.40. The predicted octanol–water partition coefficient (Wildman–Crippen LogP) is 4.03. The van der Waals surface area contributed by atoms with Gasteiger partial charge in [0.05, 0.1) is 0 Å². The number of carbonyl (C=O) groups is 2. The van der Waals surface area contributed by atoms with E-state index in [9.17, 15) is 9.59 Å². The van der Waals surface area contributed by atoms with Gasteiger partial charge in [0.15, 0.2) is 17.8 Å². The molecule has 92 valence electrons. The van der Waals surface area contributed by atoms with Crippen molar-refractivity contribution in [2.45, 2.75) is 13.8 Å². The first-order chi connectivity index (χ1) is 8.52. The number of ketones is 1. The largest absolute Gasteiger partial charge is 0.453 e. The van der Waals surface area contributed by atoms with Crippen LogP contribution in [0.3, 0.4) is 0 Å². The van der Waals surface area contributed by atoms with Gasteiger partial charge in [0.2, 0.25) is 0 Å². The van der Waals surface area contributed by atoms with Crippen molar-refractivity contribution in [3.63, 3.8) is 0 Å². The van der Waals surface area contributed by atoms with E-state index >= 15 is 0 Å². The van der Waals surface area contributed by atoms with Gasteiger partial charge in [-0.3, -0.25) is 9.59 Å². The standard InChI is InChI=1S/C14H11BrO3/c1-8-5-12(11(9(2)17)6-13(8)15)14-4-3-10(7-16)18-14/h3-7H,1-2H3. The number of aryl methyl sites for hydroxylation is 1. The highest BCUT2D eigenvalue weighted by atomic mass is 79.9.